The third-order valence-corrected chi connectivity index (χ3v) is 4.00. The second-order valence-electron chi connectivity index (χ2n) is 4.78. The SMILES string of the molecule is Cc1sc(CNCC(C)(C)C)cc1Br. The van der Waals surface area contributed by atoms with Gasteiger partial charge in [-0.3, -0.25) is 0 Å². The molecule has 0 fully saturated rings. The highest BCUT2D eigenvalue weighted by atomic mass is 79.9. The zero-order chi connectivity index (χ0) is 10.8. The largest absolute Gasteiger partial charge is 0.311 e. The molecule has 0 saturated heterocycles. The fourth-order valence-electron chi connectivity index (χ4n) is 1.17. The summed E-state index contributed by atoms with van der Waals surface area (Å²) in [7, 11) is 0. The molecule has 0 aliphatic rings. The van der Waals surface area contributed by atoms with Gasteiger partial charge in [0.05, 0.1) is 0 Å². The van der Waals surface area contributed by atoms with Crippen LogP contribution in [0.4, 0.5) is 0 Å². The van der Waals surface area contributed by atoms with Crippen molar-refractivity contribution in [1.82, 2.24) is 5.32 Å². The highest BCUT2D eigenvalue weighted by Crippen LogP contribution is 2.26. The van der Waals surface area contributed by atoms with Crippen LogP contribution >= 0.6 is 27.3 Å². The summed E-state index contributed by atoms with van der Waals surface area (Å²) in [4.78, 5) is 2.76. The number of nitrogens with one attached hydrogen (secondary N) is 1. The number of hydrogen-bond donors (Lipinski definition) is 1. The molecule has 0 saturated carbocycles. The maximum absolute atomic E-state index is 3.53. The van der Waals surface area contributed by atoms with Gasteiger partial charge in [-0.15, -0.1) is 11.3 Å². The quantitative estimate of drug-likeness (QED) is 0.881. The molecular formula is C11H18BrNS. The molecular weight excluding hydrogens is 258 g/mol. The smallest absolute Gasteiger partial charge is 0.0314 e. The normalized spacial score (nSPS) is 12.1. The molecule has 14 heavy (non-hydrogen) atoms. The molecule has 1 aromatic rings. The summed E-state index contributed by atoms with van der Waals surface area (Å²) in [5, 5.41) is 3.47. The van der Waals surface area contributed by atoms with Gasteiger partial charge in [0.1, 0.15) is 0 Å². The molecule has 0 amide bonds. The van der Waals surface area contributed by atoms with Crippen molar-refractivity contribution in [2.45, 2.75) is 34.2 Å². The van der Waals surface area contributed by atoms with Crippen molar-refractivity contribution in [2.75, 3.05) is 6.54 Å². The fraction of sp³-hybridized carbons (Fsp3) is 0.636. The Morgan fingerprint density at radius 1 is 1.43 bits per heavy atom. The maximum atomic E-state index is 3.53. The van der Waals surface area contributed by atoms with Crippen LogP contribution < -0.4 is 5.32 Å². The van der Waals surface area contributed by atoms with Gasteiger partial charge in [0.25, 0.3) is 0 Å². The Kier molecular flexibility index (Phi) is 4.16. The summed E-state index contributed by atoms with van der Waals surface area (Å²) >= 11 is 5.39. The number of halogens is 1. The molecule has 0 aromatic carbocycles. The van der Waals surface area contributed by atoms with Crippen molar-refractivity contribution < 1.29 is 0 Å². The second kappa shape index (κ2) is 4.77. The summed E-state index contributed by atoms with van der Waals surface area (Å²) < 4.78 is 1.23. The highest BCUT2D eigenvalue weighted by Gasteiger charge is 2.09. The van der Waals surface area contributed by atoms with Crippen LogP contribution in [-0.2, 0) is 6.54 Å². The molecule has 3 heteroatoms. The van der Waals surface area contributed by atoms with Gasteiger partial charge in [-0.1, -0.05) is 20.8 Å². The van der Waals surface area contributed by atoms with Gasteiger partial charge >= 0.3 is 0 Å². The predicted molar refractivity (Wildman–Crippen MR) is 67.9 cm³/mol. The molecule has 1 aromatic heterocycles. The van der Waals surface area contributed by atoms with Gasteiger partial charge in [-0.2, -0.15) is 0 Å². The van der Waals surface area contributed by atoms with Crippen molar-refractivity contribution in [3.05, 3.63) is 20.3 Å². The summed E-state index contributed by atoms with van der Waals surface area (Å²) in [5.41, 5.74) is 0.365. The van der Waals surface area contributed by atoms with Crippen LogP contribution in [0.1, 0.15) is 30.5 Å². The van der Waals surface area contributed by atoms with Gasteiger partial charge in [0, 0.05) is 27.3 Å². The Labute approximate surface area is 99.0 Å². The fourth-order valence-corrected chi connectivity index (χ4v) is 2.74. The van der Waals surface area contributed by atoms with E-state index >= 15 is 0 Å². The first-order chi connectivity index (χ1) is 6.38. The monoisotopic (exact) mass is 275 g/mol. The van der Waals surface area contributed by atoms with Gasteiger partial charge in [-0.05, 0) is 34.3 Å². The van der Waals surface area contributed by atoms with Crippen molar-refractivity contribution in [1.29, 1.82) is 0 Å². The van der Waals surface area contributed by atoms with Crippen molar-refractivity contribution in [3.63, 3.8) is 0 Å². The third kappa shape index (κ3) is 4.11. The molecule has 1 nitrogen and oxygen atoms in total. The van der Waals surface area contributed by atoms with Crippen LogP contribution in [0.2, 0.25) is 0 Å². The van der Waals surface area contributed by atoms with E-state index in [4.69, 9.17) is 0 Å². The molecule has 0 atom stereocenters. The Morgan fingerprint density at radius 2 is 2.07 bits per heavy atom. The van der Waals surface area contributed by atoms with Crippen LogP contribution in [-0.4, -0.2) is 6.54 Å². The average molecular weight is 276 g/mol. The minimum absolute atomic E-state index is 0.365. The highest BCUT2D eigenvalue weighted by molar-refractivity contribution is 9.10. The molecule has 0 spiro atoms. The first kappa shape index (κ1) is 12.2. The summed E-state index contributed by atoms with van der Waals surface area (Å²) in [6.45, 7) is 10.9. The number of aryl methyl sites for hydroxylation is 1. The predicted octanol–water partition coefficient (Wildman–Crippen LogP) is 3.95. The Balaban J connectivity index is 2.39. The summed E-state index contributed by atoms with van der Waals surface area (Å²) in [6.07, 6.45) is 0. The van der Waals surface area contributed by atoms with E-state index in [1.807, 2.05) is 11.3 Å². The van der Waals surface area contributed by atoms with Gasteiger partial charge < -0.3 is 5.32 Å². The van der Waals surface area contributed by atoms with E-state index in [2.05, 4.69) is 55.0 Å². The van der Waals surface area contributed by atoms with Crippen LogP contribution in [0.3, 0.4) is 0 Å². The van der Waals surface area contributed by atoms with E-state index < -0.39 is 0 Å². The zero-order valence-corrected chi connectivity index (χ0v) is 11.7. The van der Waals surface area contributed by atoms with E-state index in [1.54, 1.807) is 0 Å². The molecule has 1 rings (SSSR count). The van der Waals surface area contributed by atoms with E-state index in [9.17, 15) is 0 Å². The zero-order valence-electron chi connectivity index (χ0n) is 9.28. The van der Waals surface area contributed by atoms with Crippen molar-refractivity contribution >= 4 is 27.3 Å². The van der Waals surface area contributed by atoms with Crippen molar-refractivity contribution in [2.24, 2.45) is 5.41 Å². The number of rotatable bonds is 3. The van der Waals surface area contributed by atoms with Crippen LogP contribution in [0, 0.1) is 12.3 Å². The van der Waals surface area contributed by atoms with E-state index in [-0.39, 0.29) is 0 Å². The summed E-state index contributed by atoms with van der Waals surface area (Å²) in [5.74, 6) is 0. The minimum Gasteiger partial charge on any atom is -0.311 e. The number of hydrogen-bond acceptors (Lipinski definition) is 2. The Morgan fingerprint density at radius 3 is 2.50 bits per heavy atom. The molecule has 80 valence electrons. The van der Waals surface area contributed by atoms with E-state index in [1.165, 1.54) is 14.2 Å². The van der Waals surface area contributed by atoms with Crippen LogP contribution in [0.15, 0.2) is 10.5 Å². The number of thiophene rings is 1. The van der Waals surface area contributed by atoms with Crippen LogP contribution in [0.25, 0.3) is 0 Å². The molecule has 0 aliphatic carbocycles. The third-order valence-electron chi connectivity index (χ3n) is 1.86. The lowest BCUT2D eigenvalue weighted by Crippen LogP contribution is -2.26. The summed E-state index contributed by atoms with van der Waals surface area (Å²) in [6, 6.07) is 2.20. The molecule has 1 heterocycles. The minimum atomic E-state index is 0.365. The van der Waals surface area contributed by atoms with Gasteiger partial charge in [-0.25, -0.2) is 0 Å². The topological polar surface area (TPSA) is 12.0 Å². The lowest BCUT2D eigenvalue weighted by atomic mass is 9.97. The molecule has 1 N–H and O–H groups in total. The first-order valence-corrected chi connectivity index (χ1v) is 6.45. The Bertz CT molecular complexity index is 279. The van der Waals surface area contributed by atoms with E-state index in [0.29, 0.717) is 5.41 Å². The average Bonchev–Trinajstić information content (AvgIpc) is 2.28. The standard InChI is InChI=1S/C11H18BrNS/c1-8-10(12)5-9(14-8)6-13-7-11(2,3)4/h5,13H,6-7H2,1-4H3. The lowest BCUT2D eigenvalue weighted by molar-refractivity contribution is 0.380. The first-order valence-electron chi connectivity index (χ1n) is 4.84. The lowest BCUT2D eigenvalue weighted by Gasteiger charge is -2.18. The molecule has 0 aliphatic heterocycles. The second-order valence-corrected chi connectivity index (χ2v) is 6.98. The molecule has 0 unspecified atom stereocenters. The Hall–Kier alpha value is 0.140. The van der Waals surface area contributed by atoms with Gasteiger partial charge in [0.2, 0.25) is 0 Å². The van der Waals surface area contributed by atoms with Gasteiger partial charge in [0.15, 0.2) is 0 Å². The maximum Gasteiger partial charge on any atom is 0.0314 e. The molecule has 0 radical (unpaired) electrons. The van der Waals surface area contributed by atoms with Crippen molar-refractivity contribution in [3.8, 4) is 0 Å². The van der Waals surface area contributed by atoms with Crippen LogP contribution in [0.5, 0.6) is 0 Å². The molecule has 0 bridgehead atoms. The van der Waals surface area contributed by atoms with E-state index in [0.717, 1.165) is 13.1 Å².